The SMILES string of the molecule is C=C(C)CNS(=O)(=O)c1ccc(OC)cc1N. The second-order valence-electron chi connectivity index (χ2n) is 3.69. The van der Waals surface area contributed by atoms with Crippen molar-refractivity contribution in [2.24, 2.45) is 0 Å². The van der Waals surface area contributed by atoms with Crippen molar-refractivity contribution < 1.29 is 13.2 Å². The minimum absolute atomic E-state index is 0.0413. The quantitative estimate of drug-likeness (QED) is 0.611. The summed E-state index contributed by atoms with van der Waals surface area (Å²) in [6, 6.07) is 4.43. The van der Waals surface area contributed by atoms with Crippen molar-refractivity contribution in [2.45, 2.75) is 11.8 Å². The zero-order valence-corrected chi connectivity index (χ0v) is 10.7. The summed E-state index contributed by atoms with van der Waals surface area (Å²) in [5, 5.41) is 0. The van der Waals surface area contributed by atoms with E-state index in [-0.39, 0.29) is 17.1 Å². The number of rotatable bonds is 5. The first-order valence-corrected chi connectivity index (χ1v) is 6.42. The zero-order chi connectivity index (χ0) is 13.1. The molecule has 0 aliphatic carbocycles. The molecule has 0 radical (unpaired) electrons. The highest BCUT2D eigenvalue weighted by Crippen LogP contribution is 2.23. The fraction of sp³-hybridized carbons (Fsp3) is 0.273. The number of hydrogen-bond acceptors (Lipinski definition) is 4. The van der Waals surface area contributed by atoms with Crippen LogP contribution in [-0.4, -0.2) is 22.1 Å². The van der Waals surface area contributed by atoms with E-state index in [2.05, 4.69) is 11.3 Å². The van der Waals surface area contributed by atoms with E-state index in [0.717, 1.165) is 5.57 Å². The normalized spacial score (nSPS) is 11.2. The van der Waals surface area contributed by atoms with Gasteiger partial charge in [0.1, 0.15) is 10.6 Å². The highest BCUT2D eigenvalue weighted by atomic mass is 32.2. The van der Waals surface area contributed by atoms with Crippen LogP contribution in [0.4, 0.5) is 5.69 Å². The Morgan fingerprint density at radius 2 is 2.18 bits per heavy atom. The molecule has 0 aliphatic rings. The topological polar surface area (TPSA) is 81.4 Å². The number of benzene rings is 1. The molecule has 1 rings (SSSR count). The number of ether oxygens (including phenoxy) is 1. The average molecular weight is 256 g/mol. The maximum absolute atomic E-state index is 11.9. The van der Waals surface area contributed by atoms with Crippen molar-refractivity contribution in [3.63, 3.8) is 0 Å². The fourth-order valence-corrected chi connectivity index (χ4v) is 2.40. The van der Waals surface area contributed by atoms with Crippen molar-refractivity contribution in [3.05, 3.63) is 30.4 Å². The Kier molecular flexibility index (Phi) is 4.14. The van der Waals surface area contributed by atoms with Gasteiger partial charge in [0.05, 0.1) is 12.8 Å². The summed E-state index contributed by atoms with van der Waals surface area (Å²) in [6.07, 6.45) is 0. The molecule has 0 unspecified atom stereocenters. The maximum Gasteiger partial charge on any atom is 0.242 e. The molecule has 3 N–H and O–H groups in total. The van der Waals surface area contributed by atoms with Crippen molar-refractivity contribution in [1.29, 1.82) is 0 Å². The molecule has 1 aromatic carbocycles. The molecule has 0 saturated heterocycles. The molecular formula is C11H16N2O3S. The molecule has 0 atom stereocenters. The van der Waals surface area contributed by atoms with Crippen LogP contribution in [0.15, 0.2) is 35.2 Å². The van der Waals surface area contributed by atoms with Crippen LogP contribution in [-0.2, 0) is 10.0 Å². The largest absolute Gasteiger partial charge is 0.497 e. The van der Waals surface area contributed by atoms with Gasteiger partial charge in [-0.3, -0.25) is 0 Å². The van der Waals surface area contributed by atoms with Gasteiger partial charge in [-0.25, -0.2) is 13.1 Å². The Morgan fingerprint density at radius 1 is 1.53 bits per heavy atom. The van der Waals surface area contributed by atoms with Crippen LogP contribution in [0.5, 0.6) is 5.75 Å². The second-order valence-corrected chi connectivity index (χ2v) is 5.42. The molecule has 5 nitrogen and oxygen atoms in total. The second kappa shape index (κ2) is 5.20. The van der Waals surface area contributed by atoms with Gasteiger partial charge in [-0.1, -0.05) is 12.2 Å². The standard InChI is InChI=1S/C11H16N2O3S/c1-8(2)7-13-17(14,15)11-5-4-9(16-3)6-10(11)12/h4-6,13H,1,7,12H2,2-3H3. The van der Waals surface area contributed by atoms with E-state index >= 15 is 0 Å². The van der Waals surface area contributed by atoms with Crippen LogP contribution >= 0.6 is 0 Å². The molecule has 1 aromatic rings. The van der Waals surface area contributed by atoms with Crippen molar-refractivity contribution in [3.8, 4) is 5.75 Å². The molecule has 0 aromatic heterocycles. The molecule has 0 heterocycles. The number of nitrogens with two attached hydrogens (primary N) is 1. The summed E-state index contributed by atoms with van der Waals surface area (Å²) >= 11 is 0. The number of hydrogen-bond donors (Lipinski definition) is 2. The van der Waals surface area contributed by atoms with Crippen molar-refractivity contribution in [1.82, 2.24) is 4.72 Å². The van der Waals surface area contributed by atoms with Crippen LogP contribution < -0.4 is 15.2 Å². The summed E-state index contributed by atoms with van der Waals surface area (Å²) in [5.74, 6) is 0.515. The van der Waals surface area contributed by atoms with Crippen LogP contribution in [0.25, 0.3) is 0 Å². The third kappa shape index (κ3) is 3.47. The van der Waals surface area contributed by atoms with Gasteiger partial charge in [0.25, 0.3) is 0 Å². The van der Waals surface area contributed by atoms with E-state index < -0.39 is 10.0 Å². The van der Waals surface area contributed by atoms with Gasteiger partial charge in [-0.05, 0) is 19.1 Å². The highest BCUT2D eigenvalue weighted by molar-refractivity contribution is 7.89. The first kappa shape index (κ1) is 13.5. The van der Waals surface area contributed by atoms with Crippen molar-refractivity contribution >= 4 is 15.7 Å². The van der Waals surface area contributed by atoms with Crippen LogP contribution in [0.2, 0.25) is 0 Å². The lowest BCUT2D eigenvalue weighted by Gasteiger charge is -2.10. The molecule has 0 aliphatic heterocycles. The number of sulfonamides is 1. The highest BCUT2D eigenvalue weighted by Gasteiger charge is 2.17. The monoisotopic (exact) mass is 256 g/mol. The fourth-order valence-electron chi connectivity index (χ4n) is 1.19. The average Bonchev–Trinajstić information content (AvgIpc) is 2.26. The molecular weight excluding hydrogens is 240 g/mol. The number of methoxy groups -OCH3 is 1. The smallest absolute Gasteiger partial charge is 0.242 e. The first-order valence-electron chi connectivity index (χ1n) is 4.94. The summed E-state index contributed by atoms with van der Waals surface area (Å²) in [4.78, 5) is 0.0413. The third-order valence-electron chi connectivity index (χ3n) is 2.07. The van der Waals surface area contributed by atoms with Gasteiger partial charge >= 0.3 is 0 Å². The number of nitrogens with one attached hydrogen (secondary N) is 1. The molecule has 17 heavy (non-hydrogen) atoms. The lowest BCUT2D eigenvalue weighted by Crippen LogP contribution is -2.26. The van der Waals surface area contributed by atoms with E-state index in [0.29, 0.717) is 5.75 Å². The first-order chi connectivity index (χ1) is 7.86. The lowest BCUT2D eigenvalue weighted by atomic mass is 10.3. The van der Waals surface area contributed by atoms with E-state index in [9.17, 15) is 8.42 Å². The Labute approximate surface area is 101 Å². The van der Waals surface area contributed by atoms with Crippen LogP contribution in [0.3, 0.4) is 0 Å². The minimum Gasteiger partial charge on any atom is -0.497 e. The Morgan fingerprint density at radius 3 is 2.65 bits per heavy atom. The predicted octanol–water partition coefficient (Wildman–Crippen LogP) is 1.13. The van der Waals surface area contributed by atoms with E-state index in [1.807, 2.05) is 0 Å². The number of nitrogen functional groups attached to an aromatic ring is 1. The van der Waals surface area contributed by atoms with Gasteiger partial charge in [-0.2, -0.15) is 0 Å². The summed E-state index contributed by atoms with van der Waals surface area (Å²) < 4.78 is 31.1. The molecule has 0 fully saturated rings. The van der Waals surface area contributed by atoms with E-state index in [4.69, 9.17) is 10.5 Å². The van der Waals surface area contributed by atoms with Crippen molar-refractivity contribution in [2.75, 3.05) is 19.4 Å². The zero-order valence-electron chi connectivity index (χ0n) is 9.86. The minimum atomic E-state index is -3.60. The van der Waals surface area contributed by atoms with Crippen LogP contribution in [0.1, 0.15) is 6.92 Å². The number of anilines is 1. The van der Waals surface area contributed by atoms with E-state index in [1.165, 1.54) is 19.2 Å². The molecule has 94 valence electrons. The van der Waals surface area contributed by atoms with Gasteiger partial charge in [0.15, 0.2) is 0 Å². The Hall–Kier alpha value is -1.53. The Balaban J connectivity index is 3.03. The molecule has 0 spiro atoms. The van der Waals surface area contributed by atoms with Gasteiger partial charge in [0.2, 0.25) is 10.0 Å². The summed E-state index contributed by atoms with van der Waals surface area (Å²) in [6.45, 7) is 5.55. The Bertz CT molecular complexity index is 524. The summed E-state index contributed by atoms with van der Waals surface area (Å²) in [7, 11) is -2.11. The van der Waals surface area contributed by atoms with Crippen LogP contribution in [0, 0.1) is 0 Å². The molecule has 0 amide bonds. The molecule has 0 bridgehead atoms. The van der Waals surface area contributed by atoms with Gasteiger partial charge in [-0.15, -0.1) is 0 Å². The molecule has 0 saturated carbocycles. The van der Waals surface area contributed by atoms with E-state index in [1.54, 1.807) is 13.0 Å². The predicted molar refractivity (Wildman–Crippen MR) is 67.4 cm³/mol. The maximum atomic E-state index is 11.9. The summed E-state index contributed by atoms with van der Waals surface area (Å²) in [5.41, 5.74) is 6.54. The van der Waals surface area contributed by atoms with Gasteiger partial charge in [0, 0.05) is 12.6 Å². The lowest BCUT2D eigenvalue weighted by molar-refractivity contribution is 0.414. The molecule has 6 heteroatoms. The third-order valence-corrected chi connectivity index (χ3v) is 3.55. The van der Waals surface area contributed by atoms with Gasteiger partial charge < -0.3 is 10.5 Å².